The zero-order valence-corrected chi connectivity index (χ0v) is 12.2. The van der Waals surface area contributed by atoms with Crippen molar-refractivity contribution in [2.75, 3.05) is 0 Å². The largest absolute Gasteiger partial charge is 0.382 e. The van der Waals surface area contributed by atoms with E-state index >= 15 is 0 Å². The third kappa shape index (κ3) is 2.60. The zero-order chi connectivity index (χ0) is 14.8. The van der Waals surface area contributed by atoms with E-state index in [-0.39, 0.29) is 0 Å². The van der Waals surface area contributed by atoms with Gasteiger partial charge in [-0.1, -0.05) is 42.0 Å². The van der Waals surface area contributed by atoms with E-state index in [1.54, 1.807) is 10.9 Å². The average molecular weight is 278 g/mol. The van der Waals surface area contributed by atoms with Gasteiger partial charge in [-0.25, -0.2) is 4.68 Å². The monoisotopic (exact) mass is 278 g/mol. The summed E-state index contributed by atoms with van der Waals surface area (Å²) in [4.78, 5) is 0. The van der Waals surface area contributed by atoms with E-state index in [4.69, 9.17) is 0 Å². The summed E-state index contributed by atoms with van der Waals surface area (Å²) in [6.45, 7) is 4.08. The van der Waals surface area contributed by atoms with Crippen molar-refractivity contribution >= 4 is 0 Å². The fraction of sp³-hybridized carbons (Fsp3) is 0.167. The van der Waals surface area contributed by atoms with Crippen LogP contribution in [0.4, 0.5) is 0 Å². The maximum atomic E-state index is 10.7. The highest BCUT2D eigenvalue weighted by Crippen LogP contribution is 2.26. The van der Waals surface area contributed by atoms with Gasteiger partial charge in [-0.2, -0.15) is 5.10 Å². The molecule has 0 bridgehead atoms. The first-order valence-electron chi connectivity index (χ1n) is 7.01. The van der Waals surface area contributed by atoms with Gasteiger partial charge in [0.05, 0.1) is 11.4 Å². The molecule has 1 atom stereocenters. The molecule has 0 saturated carbocycles. The van der Waals surface area contributed by atoms with Gasteiger partial charge in [0.1, 0.15) is 6.10 Å². The standard InChI is InChI=1S/C18H18N2O/c1-13-8-9-16(14(2)12-13)18(21)17-10-11-19-20(17)15-6-4-3-5-7-15/h3-12,18,21H,1-2H3. The summed E-state index contributed by atoms with van der Waals surface area (Å²) >= 11 is 0. The molecule has 1 unspecified atom stereocenters. The van der Waals surface area contributed by atoms with Gasteiger partial charge < -0.3 is 5.11 Å². The molecule has 0 aliphatic rings. The smallest absolute Gasteiger partial charge is 0.121 e. The van der Waals surface area contributed by atoms with Crippen LogP contribution in [0.25, 0.3) is 5.69 Å². The zero-order valence-electron chi connectivity index (χ0n) is 12.2. The lowest BCUT2D eigenvalue weighted by atomic mass is 9.99. The van der Waals surface area contributed by atoms with Gasteiger partial charge in [0.15, 0.2) is 0 Å². The summed E-state index contributed by atoms with van der Waals surface area (Å²) in [5.41, 5.74) is 4.91. The van der Waals surface area contributed by atoms with Crippen LogP contribution in [0.15, 0.2) is 60.8 Å². The topological polar surface area (TPSA) is 38.1 Å². The normalized spacial score (nSPS) is 12.3. The van der Waals surface area contributed by atoms with E-state index in [1.807, 2.05) is 55.5 Å². The Morgan fingerprint density at radius 3 is 2.48 bits per heavy atom. The van der Waals surface area contributed by atoms with Gasteiger partial charge in [0.25, 0.3) is 0 Å². The molecule has 106 valence electrons. The highest BCUT2D eigenvalue weighted by atomic mass is 16.3. The predicted octanol–water partition coefficient (Wildman–Crippen LogP) is 3.57. The Kier molecular flexibility index (Phi) is 3.59. The number of nitrogens with zero attached hydrogens (tertiary/aromatic N) is 2. The third-order valence-corrected chi connectivity index (χ3v) is 3.67. The molecule has 0 aliphatic heterocycles. The predicted molar refractivity (Wildman–Crippen MR) is 83.5 cm³/mol. The summed E-state index contributed by atoms with van der Waals surface area (Å²) in [6.07, 6.45) is 1.03. The molecule has 0 aliphatic carbocycles. The molecule has 3 heteroatoms. The van der Waals surface area contributed by atoms with Crippen LogP contribution in [0, 0.1) is 13.8 Å². The van der Waals surface area contributed by atoms with Crippen molar-refractivity contribution in [3.8, 4) is 5.69 Å². The molecule has 0 fully saturated rings. The number of aliphatic hydroxyl groups excluding tert-OH is 1. The fourth-order valence-electron chi connectivity index (χ4n) is 2.60. The molecule has 0 saturated heterocycles. The number of aryl methyl sites for hydroxylation is 2. The summed E-state index contributed by atoms with van der Waals surface area (Å²) in [7, 11) is 0. The van der Waals surface area contributed by atoms with E-state index in [0.29, 0.717) is 0 Å². The van der Waals surface area contributed by atoms with Gasteiger partial charge in [-0.15, -0.1) is 0 Å². The molecular formula is C18H18N2O. The number of hydrogen-bond donors (Lipinski definition) is 1. The number of hydrogen-bond acceptors (Lipinski definition) is 2. The molecule has 1 heterocycles. The van der Waals surface area contributed by atoms with Crippen molar-refractivity contribution in [1.82, 2.24) is 9.78 Å². The highest BCUT2D eigenvalue weighted by Gasteiger charge is 2.18. The van der Waals surface area contributed by atoms with Crippen LogP contribution >= 0.6 is 0 Å². The van der Waals surface area contributed by atoms with Gasteiger partial charge >= 0.3 is 0 Å². The Balaban J connectivity index is 2.03. The molecular weight excluding hydrogens is 260 g/mol. The molecule has 1 aromatic heterocycles. The SMILES string of the molecule is Cc1ccc(C(O)c2ccnn2-c2ccccc2)c(C)c1. The number of rotatable bonds is 3. The first-order chi connectivity index (χ1) is 10.2. The quantitative estimate of drug-likeness (QED) is 0.795. The number of para-hydroxylation sites is 1. The first-order valence-corrected chi connectivity index (χ1v) is 7.01. The van der Waals surface area contributed by atoms with Gasteiger partial charge in [-0.05, 0) is 43.2 Å². The molecule has 21 heavy (non-hydrogen) atoms. The Hall–Kier alpha value is -2.39. The second kappa shape index (κ2) is 5.54. The van der Waals surface area contributed by atoms with E-state index in [9.17, 15) is 5.11 Å². The molecule has 3 nitrogen and oxygen atoms in total. The lowest BCUT2D eigenvalue weighted by molar-refractivity contribution is 0.211. The van der Waals surface area contributed by atoms with Gasteiger partial charge in [0, 0.05) is 6.20 Å². The molecule has 3 rings (SSSR count). The van der Waals surface area contributed by atoms with Gasteiger partial charge in [-0.3, -0.25) is 0 Å². The van der Waals surface area contributed by atoms with E-state index in [1.165, 1.54) is 5.56 Å². The minimum Gasteiger partial charge on any atom is -0.382 e. The number of aliphatic hydroxyl groups is 1. The van der Waals surface area contributed by atoms with Crippen LogP contribution < -0.4 is 0 Å². The molecule has 2 aromatic carbocycles. The second-order valence-electron chi connectivity index (χ2n) is 5.27. The van der Waals surface area contributed by atoms with E-state index in [0.717, 1.165) is 22.5 Å². The van der Waals surface area contributed by atoms with Crippen LogP contribution in [-0.4, -0.2) is 14.9 Å². The van der Waals surface area contributed by atoms with Crippen molar-refractivity contribution in [1.29, 1.82) is 0 Å². The molecule has 0 radical (unpaired) electrons. The maximum absolute atomic E-state index is 10.7. The van der Waals surface area contributed by atoms with Crippen LogP contribution in [0.3, 0.4) is 0 Å². The summed E-state index contributed by atoms with van der Waals surface area (Å²) < 4.78 is 1.78. The highest BCUT2D eigenvalue weighted by molar-refractivity contribution is 5.39. The lowest BCUT2D eigenvalue weighted by Crippen LogP contribution is -2.09. The molecule has 1 N–H and O–H groups in total. The third-order valence-electron chi connectivity index (χ3n) is 3.67. The van der Waals surface area contributed by atoms with Crippen LogP contribution in [-0.2, 0) is 0 Å². The Labute approximate surface area is 124 Å². The number of benzene rings is 2. The molecule has 3 aromatic rings. The molecule has 0 amide bonds. The minimum absolute atomic E-state index is 0.687. The maximum Gasteiger partial charge on any atom is 0.121 e. The van der Waals surface area contributed by atoms with Crippen LogP contribution in [0.5, 0.6) is 0 Å². The van der Waals surface area contributed by atoms with Crippen molar-refractivity contribution in [3.63, 3.8) is 0 Å². The van der Waals surface area contributed by atoms with Crippen molar-refractivity contribution in [2.24, 2.45) is 0 Å². The van der Waals surface area contributed by atoms with Crippen molar-refractivity contribution in [3.05, 3.63) is 83.2 Å². The Bertz CT molecular complexity index is 747. The van der Waals surface area contributed by atoms with E-state index in [2.05, 4.69) is 18.1 Å². The average Bonchev–Trinajstić information content (AvgIpc) is 2.97. The Morgan fingerprint density at radius 2 is 1.76 bits per heavy atom. The van der Waals surface area contributed by atoms with Crippen molar-refractivity contribution in [2.45, 2.75) is 20.0 Å². The summed E-state index contributed by atoms with van der Waals surface area (Å²) in [6, 6.07) is 17.8. The van der Waals surface area contributed by atoms with Crippen LogP contribution in [0.2, 0.25) is 0 Å². The van der Waals surface area contributed by atoms with E-state index < -0.39 is 6.10 Å². The molecule has 0 spiro atoms. The second-order valence-corrected chi connectivity index (χ2v) is 5.27. The summed E-state index contributed by atoms with van der Waals surface area (Å²) in [5, 5.41) is 15.1. The summed E-state index contributed by atoms with van der Waals surface area (Å²) in [5.74, 6) is 0. The Morgan fingerprint density at radius 1 is 1.00 bits per heavy atom. The minimum atomic E-state index is -0.687. The fourth-order valence-corrected chi connectivity index (χ4v) is 2.60. The van der Waals surface area contributed by atoms with Gasteiger partial charge in [0.2, 0.25) is 0 Å². The lowest BCUT2D eigenvalue weighted by Gasteiger charge is -2.16. The number of aromatic nitrogens is 2. The first kappa shape index (κ1) is 13.6. The van der Waals surface area contributed by atoms with Crippen LogP contribution in [0.1, 0.15) is 28.5 Å². The van der Waals surface area contributed by atoms with Crippen molar-refractivity contribution < 1.29 is 5.11 Å².